The van der Waals surface area contributed by atoms with Gasteiger partial charge in [0.05, 0.1) is 6.04 Å². The van der Waals surface area contributed by atoms with Crippen LogP contribution in [0.25, 0.3) is 0 Å². The lowest BCUT2D eigenvalue weighted by Gasteiger charge is -2.41. The van der Waals surface area contributed by atoms with Crippen LogP contribution in [0.3, 0.4) is 0 Å². The first-order valence-electron chi connectivity index (χ1n) is 6.29. The van der Waals surface area contributed by atoms with Crippen LogP contribution in [0, 0.1) is 5.92 Å². The molecule has 0 aromatic carbocycles. The Labute approximate surface area is 112 Å². The fraction of sp³-hybridized carbons (Fsp3) is 0.750. The van der Waals surface area contributed by atoms with Gasteiger partial charge < -0.3 is 21.5 Å². The van der Waals surface area contributed by atoms with E-state index in [1.807, 2.05) is 6.92 Å². The zero-order chi connectivity index (χ0) is 14.8. The van der Waals surface area contributed by atoms with Crippen molar-refractivity contribution < 1.29 is 19.1 Å². The van der Waals surface area contributed by atoms with E-state index < -0.39 is 35.5 Å². The Morgan fingerprint density at radius 1 is 1.37 bits per heavy atom. The standard InChI is InChI=1S/C12H21N3O4/c1-6-4-5-12(6,14)11(18)19-10(17)8(3)15-9(16)7(2)13/h6-8H,4-5,13-14H2,1-3H3,(H,15,16)/t6?,7-,8-,12?/m0/s1. The first-order valence-corrected chi connectivity index (χ1v) is 6.29. The van der Waals surface area contributed by atoms with Gasteiger partial charge in [-0.15, -0.1) is 0 Å². The van der Waals surface area contributed by atoms with Gasteiger partial charge in [-0.25, -0.2) is 9.59 Å². The SMILES string of the molecule is CC1CCC1(N)C(=O)OC(=O)[C@H](C)NC(=O)[C@H](C)N. The second-order valence-electron chi connectivity index (χ2n) is 5.21. The largest absolute Gasteiger partial charge is 0.390 e. The van der Waals surface area contributed by atoms with Crippen molar-refractivity contribution in [2.24, 2.45) is 17.4 Å². The molecular weight excluding hydrogens is 250 g/mol. The van der Waals surface area contributed by atoms with E-state index >= 15 is 0 Å². The van der Waals surface area contributed by atoms with Crippen LogP contribution in [0.2, 0.25) is 0 Å². The molecular formula is C12H21N3O4. The quantitative estimate of drug-likeness (QED) is 0.446. The first-order chi connectivity index (χ1) is 8.68. The summed E-state index contributed by atoms with van der Waals surface area (Å²) in [5.74, 6) is -2.07. The molecule has 108 valence electrons. The monoisotopic (exact) mass is 271 g/mol. The third-order valence-electron chi connectivity index (χ3n) is 3.57. The van der Waals surface area contributed by atoms with E-state index in [2.05, 4.69) is 5.32 Å². The highest BCUT2D eigenvalue weighted by Crippen LogP contribution is 2.36. The molecule has 1 saturated carbocycles. The van der Waals surface area contributed by atoms with Crippen molar-refractivity contribution in [1.82, 2.24) is 5.32 Å². The molecule has 1 amide bonds. The predicted octanol–water partition coefficient (Wildman–Crippen LogP) is -0.964. The number of carbonyl (C=O) groups excluding carboxylic acids is 3. The van der Waals surface area contributed by atoms with Gasteiger partial charge in [0.15, 0.2) is 0 Å². The molecule has 1 fully saturated rings. The second-order valence-corrected chi connectivity index (χ2v) is 5.21. The summed E-state index contributed by atoms with van der Waals surface area (Å²) < 4.78 is 4.71. The number of amides is 1. The van der Waals surface area contributed by atoms with Gasteiger partial charge in [0.2, 0.25) is 5.91 Å². The highest BCUT2D eigenvalue weighted by molar-refractivity contribution is 5.95. The van der Waals surface area contributed by atoms with Crippen molar-refractivity contribution in [3.63, 3.8) is 0 Å². The van der Waals surface area contributed by atoms with Gasteiger partial charge in [-0.05, 0) is 32.6 Å². The van der Waals surface area contributed by atoms with Crippen molar-refractivity contribution in [2.75, 3.05) is 0 Å². The van der Waals surface area contributed by atoms with E-state index in [0.717, 1.165) is 6.42 Å². The maximum absolute atomic E-state index is 11.8. The third-order valence-corrected chi connectivity index (χ3v) is 3.57. The molecule has 0 aliphatic heterocycles. The number of hydrogen-bond acceptors (Lipinski definition) is 6. The Morgan fingerprint density at radius 2 is 1.95 bits per heavy atom. The minimum atomic E-state index is -1.08. The molecule has 0 heterocycles. The highest BCUT2D eigenvalue weighted by atomic mass is 16.6. The van der Waals surface area contributed by atoms with Crippen LogP contribution in [-0.4, -0.2) is 35.5 Å². The molecule has 0 bridgehead atoms. The van der Waals surface area contributed by atoms with Gasteiger partial charge in [-0.3, -0.25) is 4.79 Å². The smallest absolute Gasteiger partial charge is 0.336 e. The minimum absolute atomic E-state index is 0.0123. The van der Waals surface area contributed by atoms with E-state index in [1.54, 1.807) is 0 Å². The number of ether oxygens (including phenoxy) is 1. The Hall–Kier alpha value is -1.47. The number of rotatable bonds is 4. The highest BCUT2D eigenvalue weighted by Gasteiger charge is 2.49. The molecule has 5 N–H and O–H groups in total. The third kappa shape index (κ3) is 3.30. The molecule has 7 nitrogen and oxygen atoms in total. The topological polar surface area (TPSA) is 125 Å². The molecule has 1 aliphatic carbocycles. The van der Waals surface area contributed by atoms with E-state index in [-0.39, 0.29) is 5.92 Å². The van der Waals surface area contributed by atoms with Crippen LogP contribution >= 0.6 is 0 Å². The Bertz CT molecular complexity index is 396. The lowest BCUT2D eigenvalue weighted by molar-refractivity contribution is -0.169. The maximum atomic E-state index is 11.8. The molecule has 7 heteroatoms. The predicted molar refractivity (Wildman–Crippen MR) is 67.7 cm³/mol. The number of carbonyl (C=O) groups is 3. The molecule has 19 heavy (non-hydrogen) atoms. The van der Waals surface area contributed by atoms with Gasteiger partial charge >= 0.3 is 11.9 Å². The summed E-state index contributed by atoms with van der Waals surface area (Å²) in [5, 5.41) is 2.35. The van der Waals surface area contributed by atoms with Gasteiger partial charge in [0.1, 0.15) is 11.6 Å². The molecule has 0 aromatic rings. The average Bonchev–Trinajstić information content (AvgIpc) is 2.35. The summed E-state index contributed by atoms with van der Waals surface area (Å²) in [7, 11) is 0. The Kier molecular flexibility index (Phi) is 4.65. The van der Waals surface area contributed by atoms with Crippen molar-refractivity contribution in [1.29, 1.82) is 0 Å². The van der Waals surface area contributed by atoms with E-state index in [9.17, 15) is 14.4 Å². The van der Waals surface area contributed by atoms with Crippen LogP contribution in [0.4, 0.5) is 0 Å². The summed E-state index contributed by atoms with van der Waals surface area (Å²) in [5.41, 5.74) is 10.1. The number of nitrogens with two attached hydrogens (primary N) is 2. The summed E-state index contributed by atoms with van der Waals surface area (Å²) in [4.78, 5) is 34.7. The van der Waals surface area contributed by atoms with Crippen LogP contribution in [-0.2, 0) is 19.1 Å². The molecule has 0 aromatic heterocycles. The normalized spacial score (nSPS) is 28.8. The van der Waals surface area contributed by atoms with Crippen molar-refractivity contribution >= 4 is 17.8 Å². The van der Waals surface area contributed by atoms with Gasteiger partial charge in [-0.1, -0.05) is 6.92 Å². The molecule has 0 spiro atoms. The van der Waals surface area contributed by atoms with Crippen molar-refractivity contribution in [3.05, 3.63) is 0 Å². The van der Waals surface area contributed by atoms with Gasteiger partial charge in [-0.2, -0.15) is 0 Å². The fourth-order valence-electron chi connectivity index (χ4n) is 1.73. The summed E-state index contributed by atoms with van der Waals surface area (Å²) >= 11 is 0. The number of nitrogens with one attached hydrogen (secondary N) is 1. The second kappa shape index (κ2) is 5.66. The Balaban J connectivity index is 2.51. The number of hydrogen-bond donors (Lipinski definition) is 3. The maximum Gasteiger partial charge on any atom is 0.336 e. The van der Waals surface area contributed by atoms with Gasteiger partial charge in [0.25, 0.3) is 0 Å². The average molecular weight is 271 g/mol. The molecule has 0 saturated heterocycles. The summed E-state index contributed by atoms with van der Waals surface area (Å²) in [6.45, 7) is 4.74. The van der Waals surface area contributed by atoms with Crippen LogP contribution < -0.4 is 16.8 Å². The lowest BCUT2D eigenvalue weighted by Crippen LogP contribution is -2.61. The lowest BCUT2D eigenvalue weighted by atomic mass is 9.68. The van der Waals surface area contributed by atoms with Crippen LogP contribution in [0.1, 0.15) is 33.6 Å². The molecule has 1 aliphatic rings. The zero-order valence-electron chi connectivity index (χ0n) is 11.4. The minimum Gasteiger partial charge on any atom is -0.390 e. The van der Waals surface area contributed by atoms with E-state index in [0.29, 0.717) is 6.42 Å². The van der Waals surface area contributed by atoms with Crippen molar-refractivity contribution in [2.45, 2.75) is 51.2 Å². The van der Waals surface area contributed by atoms with Gasteiger partial charge in [0, 0.05) is 0 Å². The first kappa shape index (κ1) is 15.6. The summed E-state index contributed by atoms with van der Waals surface area (Å²) in [6, 6.07) is -1.68. The summed E-state index contributed by atoms with van der Waals surface area (Å²) in [6.07, 6.45) is 1.33. The van der Waals surface area contributed by atoms with E-state index in [1.165, 1.54) is 13.8 Å². The Morgan fingerprint density at radius 3 is 2.32 bits per heavy atom. The molecule has 2 unspecified atom stereocenters. The van der Waals surface area contributed by atoms with Crippen molar-refractivity contribution in [3.8, 4) is 0 Å². The van der Waals surface area contributed by atoms with Crippen LogP contribution in [0.15, 0.2) is 0 Å². The fourth-order valence-corrected chi connectivity index (χ4v) is 1.73. The van der Waals surface area contributed by atoms with E-state index in [4.69, 9.17) is 16.2 Å². The molecule has 0 radical (unpaired) electrons. The van der Waals surface area contributed by atoms with Crippen LogP contribution in [0.5, 0.6) is 0 Å². The zero-order valence-corrected chi connectivity index (χ0v) is 11.4. The number of esters is 2. The molecule has 4 atom stereocenters. The molecule has 1 rings (SSSR count).